The quantitative estimate of drug-likeness (QED) is 0.492. The lowest BCUT2D eigenvalue weighted by atomic mass is 10.1. The highest BCUT2D eigenvalue weighted by atomic mass is 16.2. The fourth-order valence-electron chi connectivity index (χ4n) is 1.65. The molecule has 0 fully saturated rings. The minimum atomic E-state index is -0.697. The third kappa shape index (κ3) is 1.09. The Hall–Kier alpha value is -1.77. The molecule has 0 N–H and O–H groups in total. The van der Waals surface area contributed by atoms with Crippen LogP contribution >= 0.6 is 0 Å². The summed E-state index contributed by atoms with van der Waals surface area (Å²) < 4.78 is 0. The number of fused-ring (bicyclic) bond motifs is 1. The number of ketones is 2. The van der Waals surface area contributed by atoms with Gasteiger partial charge in [-0.25, -0.2) is 0 Å². The number of aliphatic imine (C=N–C) groups is 1. The van der Waals surface area contributed by atoms with Crippen LogP contribution < -0.4 is 0 Å². The minimum absolute atomic E-state index is 0.142. The molecule has 3 heteroatoms. The van der Waals surface area contributed by atoms with Crippen LogP contribution in [0.2, 0.25) is 0 Å². The van der Waals surface area contributed by atoms with Gasteiger partial charge < -0.3 is 0 Å². The van der Waals surface area contributed by atoms with E-state index in [1.54, 1.807) is 31.3 Å². The second-order valence-corrected chi connectivity index (χ2v) is 3.16. The predicted molar refractivity (Wildman–Crippen MR) is 53.0 cm³/mol. The van der Waals surface area contributed by atoms with Crippen molar-refractivity contribution in [2.24, 2.45) is 10.9 Å². The molecule has 1 aliphatic carbocycles. The van der Waals surface area contributed by atoms with Crippen LogP contribution in [0.3, 0.4) is 0 Å². The molecule has 1 aliphatic rings. The highest BCUT2D eigenvalue weighted by Gasteiger charge is 2.36. The van der Waals surface area contributed by atoms with Gasteiger partial charge >= 0.3 is 0 Å². The first-order valence-corrected chi connectivity index (χ1v) is 4.35. The van der Waals surface area contributed by atoms with Crippen molar-refractivity contribution in [2.45, 2.75) is 0 Å². The van der Waals surface area contributed by atoms with E-state index in [2.05, 4.69) is 4.99 Å². The van der Waals surface area contributed by atoms with Crippen molar-refractivity contribution in [1.82, 2.24) is 0 Å². The molecule has 0 saturated carbocycles. The van der Waals surface area contributed by atoms with Crippen molar-refractivity contribution in [3.8, 4) is 0 Å². The summed E-state index contributed by atoms with van der Waals surface area (Å²) in [5.74, 6) is -0.982. The standard InChI is InChI=1S/C11H9NO2/c1-12-6-9-10(13)7-4-2-3-5-8(7)11(9)14/h2-6,9H,1H3. The molecule has 1 aromatic carbocycles. The van der Waals surface area contributed by atoms with E-state index in [-0.39, 0.29) is 11.6 Å². The third-order valence-corrected chi connectivity index (χ3v) is 2.32. The second-order valence-electron chi connectivity index (χ2n) is 3.16. The summed E-state index contributed by atoms with van der Waals surface area (Å²) in [6.07, 6.45) is 1.41. The van der Waals surface area contributed by atoms with Gasteiger partial charge in [0.2, 0.25) is 0 Å². The fraction of sp³-hybridized carbons (Fsp3) is 0.182. The number of Topliss-reactive ketones (excluding diaryl/α,β-unsaturated/α-hetero) is 2. The summed E-state index contributed by atoms with van der Waals surface area (Å²) in [7, 11) is 1.56. The Morgan fingerprint density at radius 2 is 1.64 bits per heavy atom. The van der Waals surface area contributed by atoms with Gasteiger partial charge in [-0.15, -0.1) is 0 Å². The van der Waals surface area contributed by atoms with Crippen molar-refractivity contribution in [3.63, 3.8) is 0 Å². The Morgan fingerprint density at radius 1 is 1.14 bits per heavy atom. The van der Waals surface area contributed by atoms with Crippen LogP contribution in [0.5, 0.6) is 0 Å². The van der Waals surface area contributed by atoms with E-state index in [1.165, 1.54) is 6.21 Å². The molecule has 70 valence electrons. The number of carbonyl (C=O) groups excluding carboxylic acids is 2. The summed E-state index contributed by atoms with van der Waals surface area (Å²) in [6, 6.07) is 6.88. The normalized spacial score (nSPS) is 16.6. The number of benzene rings is 1. The Balaban J connectivity index is 2.53. The van der Waals surface area contributed by atoms with Gasteiger partial charge in [-0.3, -0.25) is 14.6 Å². The van der Waals surface area contributed by atoms with Crippen molar-refractivity contribution in [3.05, 3.63) is 35.4 Å². The van der Waals surface area contributed by atoms with Gasteiger partial charge in [0.25, 0.3) is 0 Å². The lowest BCUT2D eigenvalue weighted by Crippen LogP contribution is -2.16. The van der Waals surface area contributed by atoms with Gasteiger partial charge in [0.05, 0.1) is 0 Å². The smallest absolute Gasteiger partial charge is 0.179 e. The molecule has 14 heavy (non-hydrogen) atoms. The summed E-state index contributed by atoms with van der Waals surface area (Å²) in [4.78, 5) is 27.1. The van der Waals surface area contributed by atoms with Gasteiger partial charge in [0.15, 0.2) is 11.6 Å². The van der Waals surface area contributed by atoms with Crippen LogP contribution in [0.15, 0.2) is 29.3 Å². The molecular weight excluding hydrogens is 178 g/mol. The third-order valence-electron chi connectivity index (χ3n) is 2.32. The molecular formula is C11H9NO2. The molecule has 0 heterocycles. The molecule has 0 saturated heterocycles. The number of carbonyl (C=O) groups is 2. The Morgan fingerprint density at radius 3 is 2.07 bits per heavy atom. The van der Waals surface area contributed by atoms with Crippen molar-refractivity contribution < 1.29 is 9.59 Å². The molecule has 2 rings (SSSR count). The summed E-state index contributed by atoms with van der Waals surface area (Å²) >= 11 is 0. The van der Waals surface area contributed by atoms with Crippen molar-refractivity contribution >= 4 is 17.8 Å². The Kier molecular flexibility index (Phi) is 2.00. The van der Waals surface area contributed by atoms with Crippen molar-refractivity contribution in [1.29, 1.82) is 0 Å². The molecule has 0 unspecified atom stereocenters. The highest BCUT2D eigenvalue weighted by Crippen LogP contribution is 2.25. The lowest BCUT2D eigenvalue weighted by Gasteiger charge is -1.95. The lowest BCUT2D eigenvalue weighted by molar-refractivity contribution is 0.0886. The van der Waals surface area contributed by atoms with E-state index >= 15 is 0 Å². The number of hydrogen-bond donors (Lipinski definition) is 0. The molecule has 0 radical (unpaired) electrons. The molecule has 0 bridgehead atoms. The van der Waals surface area contributed by atoms with Gasteiger partial charge in [-0.1, -0.05) is 24.3 Å². The van der Waals surface area contributed by atoms with Gasteiger partial charge in [0, 0.05) is 24.4 Å². The number of rotatable bonds is 1. The maximum Gasteiger partial charge on any atom is 0.179 e. The molecule has 0 spiro atoms. The van der Waals surface area contributed by atoms with Gasteiger partial charge in [-0.05, 0) is 0 Å². The van der Waals surface area contributed by atoms with Crippen LogP contribution in [0.4, 0.5) is 0 Å². The van der Waals surface area contributed by atoms with Crippen LogP contribution in [-0.2, 0) is 0 Å². The first kappa shape index (κ1) is 8.81. The zero-order valence-electron chi connectivity index (χ0n) is 7.73. The second kappa shape index (κ2) is 3.18. The zero-order chi connectivity index (χ0) is 10.1. The van der Waals surface area contributed by atoms with Gasteiger partial charge in [0.1, 0.15) is 5.92 Å². The Bertz CT molecular complexity index is 400. The minimum Gasteiger partial charge on any atom is -0.300 e. The van der Waals surface area contributed by atoms with Crippen LogP contribution in [0, 0.1) is 5.92 Å². The van der Waals surface area contributed by atoms with Crippen LogP contribution in [0.1, 0.15) is 20.7 Å². The summed E-state index contributed by atoms with van der Waals surface area (Å²) in [5, 5.41) is 0. The zero-order valence-corrected chi connectivity index (χ0v) is 7.73. The number of hydrogen-bond acceptors (Lipinski definition) is 3. The SMILES string of the molecule is CN=CC1C(=O)c2ccccc2C1=O. The molecule has 0 aliphatic heterocycles. The van der Waals surface area contributed by atoms with E-state index in [0.717, 1.165) is 0 Å². The molecule has 3 nitrogen and oxygen atoms in total. The predicted octanol–water partition coefficient (Wildman–Crippen LogP) is 1.38. The van der Waals surface area contributed by atoms with E-state index in [0.29, 0.717) is 11.1 Å². The average Bonchev–Trinajstić information content (AvgIpc) is 2.45. The maximum absolute atomic E-state index is 11.7. The highest BCUT2D eigenvalue weighted by molar-refractivity contribution is 6.33. The Labute approximate surface area is 81.5 Å². The summed E-state index contributed by atoms with van der Waals surface area (Å²) in [5.41, 5.74) is 1.03. The van der Waals surface area contributed by atoms with E-state index in [1.807, 2.05) is 0 Å². The van der Waals surface area contributed by atoms with Crippen LogP contribution in [-0.4, -0.2) is 24.8 Å². The molecule has 1 aromatic rings. The topological polar surface area (TPSA) is 46.5 Å². The molecule has 0 atom stereocenters. The van der Waals surface area contributed by atoms with Crippen LogP contribution in [0.25, 0.3) is 0 Å². The van der Waals surface area contributed by atoms with E-state index < -0.39 is 5.92 Å². The molecule has 0 amide bonds. The fourth-order valence-corrected chi connectivity index (χ4v) is 1.65. The monoisotopic (exact) mass is 187 g/mol. The molecule has 0 aromatic heterocycles. The van der Waals surface area contributed by atoms with E-state index in [4.69, 9.17) is 0 Å². The summed E-state index contributed by atoms with van der Waals surface area (Å²) in [6.45, 7) is 0. The van der Waals surface area contributed by atoms with Gasteiger partial charge in [-0.2, -0.15) is 0 Å². The first-order chi connectivity index (χ1) is 6.75. The van der Waals surface area contributed by atoms with E-state index in [9.17, 15) is 9.59 Å². The number of nitrogens with zero attached hydrogens (tertiary/aromatic N) is 1. The largest absolute Gasteiger partial charge is 0.300 e. The first-order valence-electron chi connectivity index (χ1n) is 4.35. The maximum atomic E-state index is 11.7. The average molecular weight is 187 g/mol. The van der Waals surface area contributed by atoms with Crippen molar-refractivity contribution in [2.75, 3.05) is 7.05 Å².